The van der Waals surface area contributed by atoms with E-state index in [0.717, 1.165) is 53.1 Å². The van der Waals surface area contributed by atoms with Gasteiger partial charge in [-0.2, -0.15) is 0 Å². The van der Waals surface area contributed by atoms with Crippen LogP contribution in [0.25, 0.3) is 33.1 Å². The third-order valence-electron chi connectivity index (χ3n) is 6.61. The second kappa shape index (κ2) is 9.25. The number of benzene rings is 2. The van der Waals surface area contributed by atoms with Gasteiger partial charge >= 0.3 is 0 Å². The number of hydrogen-bond donors (Lipinski definition) is 2. The number of nitrogens with zero attached hydrogens (tertiary/aromatic N) is 1. The van der Waals surface area contributed by atoms with Crippen LogP contribution < -0.4 is 19.5 Å². The fourth-order valence-corrected chi connectivity index (χ4v) is 4.89. The number of carbonyl (C=O) groups is 1. The quantitative estimate of drug-likeness (QED) is 0.399. The summed E-state index contributed by atoms with van der Waals surface area (Å²) in [6, 6.07) is 13.9. The number of para-hydroxylation sites is 1. The number of H-pyrrole nitrogens is 1. The van der Waals surface area contributed by atoms with E-state index in [1.54, 1.807) is 21.3 Å². The maximum Gasteiger partial charge on any atom is 0.270 e. The first-order valence-corrected chi connectivity index (χ1v) is 11.7. The maximum atomic E-state index is 13.3. The van der Waals surface area contributed by atoms with Crippen molar-refractivity contribution in [3.8, 4) is 28.5 Å². The largest absolute Gasteiger partial charge is 0.493 e. The van der Waals surface area contributed by atoms with Gasteiger partial charge in [-0.3, -0.25) is 4.79 Å². The minimum Gasteiger partial charge on any atom is -0.493 e. The van der Waals surface area contributed by atoms with Crippen molar-refractivity contribution in [3.63, 3.8) is 0 Å². The van der Waals surface area contributed by atoms with Crippen LogP contribution in [0.5, 0.6) is 17.2 Å². The molecule has 34 heavy (non-hydrogen) atoms. The van der Waals surface area contributed by atoms with Crippen molar-refractivity contribution in [2.75, 3.05) is 21.3 Å². The summed E-state index contributed by atoms with van der Waals surface area (Å²) in [5.41, 5.74) is 3.65. The highest BCUT2D eigenvalue weighted by molar-refractivity contribution is 6.13. The Balaban J connectivity index is 1.70. The van der Waals surface area contributed by atoms with E-state index in [-0.39, 0.29) is 11.9 Å². The molecule has 7 nitrogen and oxygen atoms in total. The van der Waals surface area contributed by atoms with E-state index in [2.05, 4.69) is 16.4 Å². The average molecular weight is 460 g/mol. The molecule has 0 unspecified atom stereocenters. The van der Waals surface area contributed by atoms with Crippen LogP contribution in [-0.2, 0) is 0 Å². The van der Waals surface area contributed by atoms with Crippen LogP contribution in [0.2, 0.25) is 0 Å². The van der Waals surface area contributed by atoms with Gasteiger partial charge < -0.3 is 24.5 Å². The van der Waals surface area contributed by atoms with Gasteiger partial charge in [-0.15, -0.1) is 0 Å². The molecule has 1 amide bonds. The van der Waals surface area contributed by atoms with Crippen LogP contribution in [0.1, 0.15) is 42.6 Å². The summed E-state index contributed by atoms with van der Waals surface area (Å²) in [6.07, 6.45) is 5.56. The van der Waals surface area contributed by atoms with E-state index in [1.807, 2.05) is 36.4 Å². The monoisotopic (exact) mass is 459 g/mol. The third kappa shape index (κ3) is 3.91. The van der Waals surface area contributed by atoms with Gasteiger partial charge in [0.15, 0.2) is 11.5 Å². The first kappa shape index (κ1) is 22.1. The fourth-order valence-electron chi connectivity index (χ4n) is 4.89. The van der Waals surface area contributed by atoms with E-state index in [1.165, 1.54) is 6.42 Å². The highest BCUT2D eigenvalue weighted by Crippen LogP contribution is 2.42. The Labute approximate surface area is 198 Å². The number of carbonyl (C=O) groups excluding carboxylic acids is 1. The number of fused-ring (bicyclic) bond motifs is 3. The summed E-state index contributed by atoms with van der Waals surface area (Å²) in [6.45, 7) is 0. The van der Waals surface area contributed by atoms with E-state index in [4.69, 9.17) is 19.2 Å². The molecule has 0 radical (unpaired) electrons. The normalized spacial score (nSPS) is 14.3. The minimum atomic E-state index is -0.146. The summed E-state index contributed by atoms with van der Waals surface area (Å²) in [5, 5.41) is 5.19. The molecule has 5 rings (SSSR count). The van der Waals surface area contributed by atoms with Crippen LogP contribution in [0.3, 0.4) is 0 Å². The summed E-state index contributed by atoms with van der Waals surface area (Å²) in [4.78, 5) is 21.6. The van der Waals surface area contributed by atoms with Crippen molar-refractivity contribution in [3.05, 3.63) is 48.2 Å². The van der Waals surface area contributed by atoms with Crippen molar-refractivity contribution in [2.24, 2.45) is 0 Å². The number of aromatic nitrogens is 2. The van der Waals surface area contributed by atoms with Crippen LogP contribution in [-0.4, -0.2) is 43.2 Å². The molecule has 2 aromatic heterocycles. The molecule has 0 bridgehead atoms. The lowest BCUT2D eigenvalue weighted by atomic mass is 9.95. The molecular weight excluding hydrogens is 430 g/mol. The lowest BCUT2D eigenvalue weighted by Crippen LogP contribution is -2.36. The molecule has 1 aliphatic rings. The number of hydrogen-bond acceptors (Lipinski definition) is 5. The Morgan fingerprint density at radius 2 is 1.65 bits per heavy atom. The molecule has 176 valence electrons. The number of amides is 1. The summed E-state index contributed by atoms with van der Waals surface area (Å²) in [5.74, 6) is 1.42. The van der Waals surface area contributed by atoms with Gasteiger partial charge in [-0.05, 0) is 37.1 Å². The lowest BCUT2D eigenvalue weighted by Gasteiger charge is -2.22. The Morgan fingerprint density at radius 3 is 2.32 bits per heavy atom. The van der Waals surface area contributed by atoms with Crippen LogP contribution in [0.15, 0.2) is 42.5 Å². The predicted octanol–water partition coefficient (Wildman–Crippen LogP) is 5.47. The molecule has 0 saturated heterocycles. The Hall–Kier alpha value is -3.74. The van der Waals surface area contributed by atoms with Crippen LogP contribution >= 0.6 is 0 Å². The number of aromatic amines is 1. The second-order valence-electron chi connectivity index (χ2n) is 8.67. The zero-order valence-corrected chi connectivity index (χ0v) is 19.7. The Bertz CT molecular complexity index is 1330. The molecular formula is C27H29N3O4. The number of methoxy groups -OCH3 is 3. The fraction of sp³-hybridized carbons (Fsp3) is 0.333. The summed E-state index contributed by atoms with van der Waals surface area (Å²) >= 11 is 0. The predicted molar refractivity (Wildman–Crippen MR) is 133 cm³/mol. The highest BCUT2D eigenvalue weighted by atomic mass is 16.5. The average Bonchev–Trinajstić information content (AvgIpc) is 3.26. The standard InChI is InChI=1S/C27H29N3O4/c1-32-22-13-16(14-23(33-2)26(22)34-3)24-25-19(18-11-7-8-12-20(18)29-25)15-21(30-24)27(31)28-17-9-5-4-6-10-17/h7-8,11-15,17,29H,4-6,9-10H2,1-3H3,(H,28,31). The maximum absolute atomic E-state index is 13.3. The SMILES string of the molecule is COc1cc(-c2nc(C(=O)NC3CCCCC3)cc3c2[nH]c2ccccc23)cc(OC)c1OC. The summed E-state index contributed by atoms with van der Waals surface area (Å²) in [7, 11) is 4.74. The smallest absolute Gasteiger partial charge is 0.270 e. The topological polar surface area (TPSA) is 85.5 Å². The van der Waals surface area contributed by atoms with Gasteiger partial charge in [0.1, 0.15) is 5.69 Å². The van der Waals surface area contributed by atoms with Gasteiger partial charge in [0, 0.05) is 27.9 Å². The van der Waals surface area contributed by atoms with E-state index in [9.17, 15) is 4.79 Å². The zero-order chi connectivity index (χ0) is 23.7. The van der Waals surface area contributed by atoms with Crippen molar-refractivity contribution in [2.45, 2.75) is 38.1 Å². The van der Waals surface area contributed by atoms with Crippen LogP contribution in [0, 0.1) is 0 Å². The van der Waals surface area contributed by atoms with Gasteiger partial charge in [0.2, 0.25) is 5.75 Å². The minimum absolute atomic E-state index is 0.146. The Kier molecular flexibility index (Phi) is 6.01. The molecule has 1 aliphatic carbocycles. The van der Waals surface area contributed by atoms with Crippen molar-refractivity contribution in [1.82, 2.24) is 15.3 Å². The first-order valence-electron chi connectivity index (χ1n) is 11.7. The molecule has 0 atom stereocenters. The van der Waals surface area contributed by atoms with Gasteiger partial charge in [0.25, 0.3) is 5.91 Å². The zero-order valence-electron chi connectivity index (χ0n) is 19.7. The number of nitrogens with one attached hydrogen (secondary N) is 2. The number of rotatable bonds is 6. The van der Waals surface area contributed by atoms with E-state index < -0.39 is 0 Å². The van der Waals surface area contributed by atoms with Crippen molar-refractivity contribution >= 4 is 27.7 Å². The molecule has 4 aromatic rings. The molecule has 2 heterocycles. The Morgan fingerprint density at radius 1 is 0.941 bits per heavy atom. The van der Waals surface area contributed by atoms with E-state index in [0.29, 0.717) is 28.6 Å². The number of pyridine rings is 1. The molecule has 1 fully saturated rings. The molecule has 1 saturated carbocycles. The van der Waals surface area contributed by atoms with Crippen LogP contribution in [0.4, 0.5) is 0 Å². The molecule has 2 aromatic carbocycles. The van der Waals surface area contributed by atoms with Crippen molar-refractivity contribution < 1.29 is 19.0 Å². The molecule has 0 spiro atoms. The molecule has 2 N–H and O–H groups in total. The molecule has 0 aliphatic heterocycles. The second-order valence-corrected chi connectivity index (χ2v) is 8.67. The van der Waals surface area contributed by atoms with Gasteiger partial charge in [-0.1, -0.05) is 37.5 Å². The number of ether oxygens (including phenoxy) is 3. The lowest BCUT2D eigenvalue weighted by molar-refractivity contribution is 0.0923. The first-order chi connectivity index (χ1) is 16.6. The van der Waals surface area contributed by atoms with Gasteiger partial charge in [0.05, 0.1) is 32.5 Å². The molecule has 7 heteroatoms. The third-order valence-corrected chi connectivity index (χ3v) is 6.61. The summed E-state index contributed by atoms with van der Waals surface area (Å²) < 4.78 is 16.6. The van der Waals surface area contributed by atoms with Crippen molar-refractivity contribution in [1.29, 1.82) is 0 Å². The van der Waals surface area contributed by atoms with E-state index >= 15 is 0 Å². The van der Waals surface area contributed by atoms with Gasteiger partial charge in [-0.25, -0.2) is 4.98 Å². The highest BCUT2D eigenvalue weighted by Gasteiger charge is 2.22.